The molecule has 3 rings (SSSR count). The SMILES string of the molecule is CC(C)(C)C1CCC(c2ccccc2C2CNCCO2)CC1. The van der Waals surface area contributed by atoms with Crippen LogP contribution in [0.15, 0.2) is 24.3 Å². The summed E-state index contributed by atoms with van der Waals surface area (Å²) in [5, 5.41) is 3.47. The molecule has 2 nitrogen and oxygen atoms in total. The van der Waals surface area contributed by atoms with Gasteiger partial charge in [-0.3, -0.25) is 0 Å². The maximum atomic E-state index is 6.01. The van der Waals surface area contributed by atoms with Gasteiger partial charge in [-0.05, 0) is 54.1 Å². The van der Waals surface area contributed by atoms with E-state index in [0.29, 0.717) is 5.41 Å². The van der Waals surface area contributed by atoms with Crippen molar-refractivity contribution in [2.45, 2.75) is 58.5 Å². The van der Waals surface area contributed by atoms with E-state index in [1.165, 1.54) is 31.2 Å². The molecular formula is C20H31NO. The molecule has 1 aromatic rings. The Morgan fingerprint density at radius 3 is 2.27 bits per heavy atom. The van der Waals surface area contributed by atoms with Gasteiger partial charge in [0.15, 0.2) is 0 Å². The number of morpholine rings is 1. The lowest BCUT2D eigenvalue weighted by atomic mass is 9.68. The molecule has 1 N–H and O–H groups in total. The zero-order chi connectivity index (χ0) is 15.6. The largest absolute Gasteiger partial charge is 0.371 e. The second kappa shape index (κ2) is 6.72. The Balaban J connectivity index is 1.73. The van der Waals surface area contributed by atoms with Crippen molar-refractivity contribution < 1.29 is 4.74 Å². The Kier molecular flexibility index (Phi) is 4.89. The Hall–Kier alpha value is -0.860. The van der Waals surface area contributed by atoms with Crippen molar-refractivity contribution in [3.8, 4) is 0 Å². The predicted molar refractivity (Wildman–Crippen MR) is 92.2 cm³/mol. The average Bonchev–Trinajstić information content (AvgIpc) is 2.55. The van der Waals surface area contributed by atoms with Crippen molar-refractivity contribution >= 4 is 0 Å². The molecule has 1 heterocycles. The summed E-state index contributed by atoms with van der Waals surface area (Å²) in [5.41, 5.74) is 3.43. The quantitative estimate of drug-likeness (QED) is 0.857. The second-order valence-corrected chi connectivity index (χ2v) is 8.11. The third kappa shape index (κ3) is 3.55. The van der Waals surface area contributed by atoms with Crippen LogP contribution in [0, 0.1) is 11.3 Å². The molecule has 2 fully saturated rings. The number of hydrogen-bond acceptors (Lipinski definition) is 2. The molecule has 0 aromatic heterocycles. The van der Waals surface area contributed by atoms with Gasteiger partial charge in [-0.25, -0.2) is 0 Å². The normalized spacial score (nSPS) is 30.2. The predicted octanol–water partition coefficient (Wildman–Crippen LogP) is 4.67. The minimum absolute atomic E-state index is 0.241. The lowest BCUT2D eigenvalue weighted by Crippen LogP contribution is -2.34. The van der Waals surface area contributed by atoms with Crippen LogP contribution in [0.3, 0.4) is 0 Å². The van der Waals surface area contributed by atoms with Gasteiger partial charge < -0.3 is 10.1 Å². The molecule has 2 aliphatic rings. The van der Waals surface area contributed by atoms with Gasteiger partial charge in [-0.15, -0.1) is 0 Å². The van der Waals surface area contributed by atoms with Crippen molar-refractivity contribution in [2.24, 2.45) is 11.3 Å². The highest BCUT2D eigenvalue weighted by Crippen LogP contribution is 2.44. The first kappa shape index (κ1) is 16.0. The number of hydrogen-bond donors (Lipinski definition) is 1. The Morgan fingerprint density at radius 2 is 1.68 bits per heavy atom. The maximum absolute atomic E-state index is 6.01. The molecule has 1 saturated carbocycles. The van der Waals surface area contributed by atoms with Gasteiger partial charge in [0, 0.05) is 13.1 Å². The van der Waals surface area contributed by atoms with Crippen LogP contribution in [-0.2, 0) is 4.74 Å². The second-order valence-electron chi connectivity index (χ2n) is 8.11. The van der Waals surface area contributed by atoms with E-state index in [1.54, 1.807) is 5.56 Å². The first-order valence-corrected chi connectivity index (χ1v) is 8.97. The summed E-state index contributed by atoms with van der Waals surface area (Å²) in [7, 11) is 0. The van der Waals surface area contributed by atoms with E-state index in [9.17, 15) is 0 Å². The number of benzene rings is 1. The summed E-state index contributed by atoms with van der Waals surface area (Å²) in [4.78, 5) is 0. The highest BCUT2D eigenvalue weighted by Gasteiger charge is 2.31. The average molecular weight is 301 g/mol. The summed E-state index contributed by atoms with van der Waals surface area (Å²) >= 11 is 0. The van der Waals surface area contributed by atoms with Crippen molar-refractivity contribution in [1.82, 2.24) is 5.32 Å². The zero-order valence-electron chi connectivity index (χ0n) is 14.4. The molecule has 1 aromatic carbocycles. The first-order valence-electron chi connectivity index (χ1n) is 8.97. The van der Waals surface area contributed by atoms with Crippen molar-refractivity contribution in [1.29, 1.82) is 0 Å². The highest BCUT2D eigenvalue weighted by molar-refractivity contribution is 5.33. The zero-order valence-corrected chi connectivity index (χ0v) is 14.4. The molecule has 22 heavy (non-hydrogen) atoms. The van der Waals surface area contributed by atoms with Crippen molar-refractivity contribution in [2.75, 3.05) is 19.7 Å². The highest BCUT2D eigenvalue weighted by atomic mass is 16.5. The minimum Gasteiger partial charge on any atom is -0.371 e. The van der Waals surface area contributed by atoms with Gasteiger partial charge >= 0.3 is 0 Å². The van der Waals surface area contributed by atoms with Gasteiger partial charge in [-0.2, -0.15) is 0 Å². The van der Waals surface area contributed by atoms with Crippen LogP contribution in [0.25, 0.3) is 0 Å². The van der Waals surface area contributed by atoms with Crippen LogP contribution in [0.4, 0.5) is 0 Å². The van der Waals surface area contributed by atoms with E-state index in [2.05, 4.69) is 50.4 Å². The molecule has 122 valence electrons. The van der Waals surface area contributed by atoms with E-state index in [4.69, 9.17) is 4.74 Å². The van der Waals surface area contributed by atoms with Crippen molar-refractivity contribution in [3.05, 3.63) is 35.4 Å². The Labute approximate surface area is 135 Å². The molecule has 1 saturated heterocycles. The fourth-order valence-electron chi connectivity index (χ4n) is 4.21. The molecule has 0 bridgehead atoms. The van der Waals surface area contributed by atoms with E-state index in [-0.39, 0.29) is 6.10 Å². The van der Waals surface area contributed by atoms with Crippen LogP contribution in [0.1, 0.15) is 69.6 Å². The minimum atomic E-state index is 0.241. The molecule has 0 amide bonds. The fraction of sp³-hybridized carbons (Fsp3) is 0.700. The van der Waals surface area contributed by atoms with Crippen LogP contribution in [-0.4, -0.2) is 19.7 Å². The summed E-state index contributed by atoms with van der Waals surface area (Å²) < 4.78 is 6.01. The van der Waals surface area contributed by atoms with E-state index in [1.807, 2.05) is 0 Å². The van der Waals surface area contributed by atoms with Gasteiger partial charge in [-0.1, -0.05) is 45.0 Å². The third-order valence-electron chi connectivity index (χ3n) is 5.66. The third-order valence-corrected chi connectivity index (χ3v) is 5.66. The van der Waals surface area contributed by atoms with Crippen LogP contribution >= 0.6 is 0 Å². The van der Waals surface area contributed by atoms with Crippen LogP contribution < -0.4 is 5.32 Å². The van der Waals surface area contributed by atoms with Crippen LogP contribution in [0.5, 0.6) is 0 Å². The molecule has 1 atom stereocenters. The Morgan fingerprint density at radius 1 is 1.00 bits per heavy atom. The molecule has 1 aliphatic heterocycles. The summed E-state index contributed by atoms with van der Waals surface area (Å²) in [6.45, 7) is 9.95. The number of ether oxygens (including phenoxy) is 1. The van der Waals surface area contributed by atoms with Gasteiger partial charge in [0.25, 0.3) is 0 Å². The van der Waals surface area contributed by atoms with Crippen LogP contribution in [0.2, 0.25) is 0 Å². The first-order chi connectivity index (χ1) is 10.6. The maximum Gasteiger partial charge on any atom is 0.0952 e. The van der Waals surface area contributed by atoms with Gasteiger partial charge in [0.1, 0.15) is 0 Å². The monoisotopic (exact) mass is 301 g/mol. The van der Waals surface area contributed by atoms with Crippen molar-refractivity contribution in [3.63, 3.8) is 0 Å². The lowest BCUT2D eigenvalue weighted by Gasteiger charge is -2.38. The molecule has 1 aliphatic carbocycles. The Bertz CT molecular complexity index is 477. The number of nitrogens with one attached hydrogen (secondary N) is 1. The topological polar surface area (TPSA) is 21.3 Å². The fourth-order valence-corrected chi connectivity index (χ4v) is 4.21. The van der Waals surface area contributed by atoms with E-state index in [0.717, 1.165) is 31.5 Å². The van der Waals surface area contributed by atoms with Gasteiger partial charge in [0.05, 0.1) is 12.7 Å². The number of rotatable bonds is 2. The van der Waals surface area contributed by atoms with Gasteiger partial charge in [0.2, 0.25) is 0 Å². The molecule has 0 radical (unpaired) electrons. The summed E-state index contributed by atoms with van der Waals surface area (Å²) in [5.74, 6) is 1.60. The van der Waals surface area contributed by atoms with E-state index >= 15 is 0 Å². The molecule has 2 heteroatoms. The smallest absolute Gasteiger partial charge is 0.0952 e. The summed E-state index contributed by atoms with van der Waals surface area (Å²) in [6, 6.07) is 8.99. The standard InChI is InChI=1S/C20H31NO/c1-20(2,3)16-10-8-15(9-11-16)17-6-4-5-7-18(17)19-14-21-12-13-22-19/h4-7,15-16,19,21H,8-14H2,1-3H3. The lowest BCUT2D eigenvalue weighted by molar-refractivity contribution is 0.0267. The molecular weight excluding hydrogens is 270 g/mol. The molecule has 1 unspecified atom stereocenters. The van der Waals surface area contributed by atoms with E-state index < -0.39 is 0 Å². The molecule has 0 spiro atoms. The summed E-state index contributed by atoms with van der Waals surface area (Å²) in [6.07, 6.45) is 5.64.